The predicted octanol–water partition coefficient (Wildman–Crippen LogP) is 1.88. The van der Waals surface area contributed by atoms with E-state index in [-0.39, 0.29) is 18.4 Å². The highest BCUT2D eigenvalue weighted by molar-refractivity contribution is 6.03. The quantitative estimate of drug-likeness (QED) is 0.784. The lowest BCUT2D eigenvalue weighted by atomic mass is 9.92. The first-order chi connectivity index (χ1) is 9.66. The average molecular weight is 272 g/mol. The van der Waals surface area contributed by atoms with Crippen LogP contribution in [0.5, 0.6) is 0 Å². The van der Waals surface area contributed by atoms with E-state index in [0.717, 1.165) is 17.7 Å². The first kappa shape index (κ1) is 14.3. The van der Waals surface area contributed by atoms with E-state index in [1.807, 2.05) is 26.0 Å². The summed E-state index contributed by atoms with van der Waals surface area (Å²) in [6, 6.07) is 6.01. The van der Waals surface area contributed by atoms with Crippen LogP contribution in [0.25, 0.3) is 5.70 Å². The number of aryl methyl sites for hydroxylation is 1. The fraction of sp³-hybridized carbons (Fsp3) is 0.375. The van der Waals surface area contributed by atoms with Crippen LogP contribution in [0.1, 0.15) is 30.5 Å². The van der Waals surface area contributed by atoms with Crippen molar-refractivity contribution in [3.05, 3.63) is 41.0 Å². The molecule has 0 aliphatic carbocycles. The van der Waals surface area contributed by atoms with Crippen molar-refractivity contribution in [1.29, 1.82) is 0 Å². The summed E-state index contributed by atoms with van der Waals surface area (Å²) < 4.78 is 0. The number of benzene rings is 1. The summed E-state index contributed by atoms with van der Waals surface area (Å²) in [6.45, 7) is 6.80. The molecule has 0 radical (unpaired) electrons. The second-order valence-corrected chi connectivity index (χ2v) is 4.64. The second kappa shape index (κ2) is 5.90. The SMILES string of the molecule is CC.Cc1cccc2c1CCN1C(=O)CNC(=O)C=C21. The number of rotatable bonds is 0. The van der Waals surface area contributed by atoms with Crippen molar-refractivity contribution in [2.45, 2.75) is 27.2 Å². The standard InChI is InChI=1S/C14H14N2O2.C2H6/c1-9-3-2-4-11-10(9)5-6-16-12(11)7-13(17)15-8-14(16)18;1-2/h2-4,7H,5-6,8H2,1H3,(H,15,17);1-2H3. The van der Waals surface area contributed by atoms with Gasteiger partial charge in [0.1, 0.15) is 0 Å². The zero-order valence-electron chi connectivity index (χ0n) is 12.2. The van der Waals surface area contributed by atoms with Crippen molar-refractivity contribution in [1.82, 2.24) is 10.2 Å². The zero-order valence-corrected chi connectivity index (χ0v) is 12.2. The summed E-state index contributed by atoms with van der Waals surface area (Å²) in [4.78, 5) is 25.3. The minimum atomic E-state index is -0.199. The number of carbonyl (C=O) groups is 2. The maximum Gasteiger partial charge on any atom is 0.246 e. The van der Waals surface area contributed by atoms with Crippen molar-refractivity contribution in [3.63, 3.8) is 0 Å². The molecule has 2 heterocycles. The monoisotopic (exact) mass is 272 g/mol. The lowest BCUT2D eigenvalue weighted by Gasteiger charge is -2.31. The summed E-state index contributed by atoms with van der Waals surface area (Å²) in [7, 11) is 0. The maximum atomic E-state index is 12.0. The van der Waals surface area contributed by atoms with E-state index in [1.54, 1.807) is 4.90 Å². The van der Waals surface area contributed by atoms with E-state index in [9.17, 15) is 9.59 Å². The molecule has 20 heavy (non-hydrogen) atoms. The number of fused-ring (bicyclic) bond motifs is 3. The lowest BCUT2D eigenvalue weighted by molar-refractivity contribution is -0.128. The molecule has 3 rings (SSSR count). The summed E-state index contributed by atoms with van der Waals surface area (Å²) in [5, 5.41) is 2.59. The lowest BCUT2D eigenvalue weighted by Crippen LogP contribution is -2.38. The topological polar surface area (TPSA) is 49.4 Å². The van der Waals surface area contributed by atoms with Gasteiger partial charge in [0.15, 0.2) is 0 Å². The minimum absolute atomic E-state index is 0.0424. The Labute approximate surface area is 119 Å². The van der Waals surface area contributed by atoms with Gasteiger partial charge in [-0.05, 0) is 24.5 Å². The van der Waals surface area contributed by atoms with Gasteiger partial charge in [-0.3, -0.25) is 9.59 Å². The summed E-state index contributed by atoms with van der Waals surface area (Å²) in [5.41, 5.74) is 4.19. The highest BCUT2D eigenvalue weighted by Crippen LogP contribution is 2.31. The summed E-state index contributed by atoms with van der Waals surface area (Å²) in [5.74, 6) is -0.241. The van der Waals surface area contributed by atoms with Gasteiger partial charge in [0, 0.05) is 18.2 Å². The molecule has 0 saturated heterocycles. The van der Waals surface area contributed by atoms with E-state index >= 15 is 0 Å². The zero-order chi connectivity index (χ0) is 14.7. The fourth-order valence-electron chi connectivity index (χ4n) is 2.61. The Morgan fingerprint density at radius 1 is 1.20 bits per heavy atom. The Bertz CT molecular complexity index is 576. The van der Waals surface area contributed by atoms with E-state index in [2.05, 4.69) is 18.3 Å². The van der Waals surface area contributed by atoms with Crippen LogP contribution in [-0.2, 0) is 16.0 Å². The van der Waals surface area contributed by atoms with Crippen LogP contribution in [0.4, 0.5) is 0 Å². The molecule has 2 aliphatic rings. The average Bonchev–Trinajstić information content (AvgIpc) is 2.61. The van der Waals surface area contributed by atoms with Crippen LogP contribution in [0.3, 0.4) is 0 Å². The van der Waals surface area contributed by atoms with Gasteiger partial charge >= 0.3 is 0 Å². The summed E-state index contributed by atoms with van der Waals surface area (Å²) >= 11 is 0. The van der Waals surface area contributed by atoms with Gasteiger partial charge in [-0.15, -0.1) is 0 Å². The Morgan fingerprint density at radius 2 is 1.95 bits per heavy atom. The fourth-order valence-corrected chi connectivity index (χ4v) is 2.61. The molecule has 0 bridgehead atoms. The molecule has 0 unspecified atom stereocenters. The number of hydrogen-bond acceptors (Lipinski definition) is 2. The van der Waals surface area contributed by atoms with Crippen molar-refractivity contribution in [2.24, 2.45) is 0 Å². The first-order valence-electron chi connectivity index (χ1n) is 7.05. The van der Waals surface area contributed by atoms with E-state index < -0.39 is 0 Å². The highest BCUT2D eigenvalue weighted by atomic mass is 16.2. The molecule has 4 nitrogen and oxygen atoms in total. The van der Waals surface area contributed by atoms with Crippen LogP contribution < -0.4 is 5.32 Å². The molecule has 0 atom stereocenters. The molecule has 1 N–H and O–H groups in total. The normalized spacial score (nSPS) is 16.9. The van der Waals surface area contributed by atoms with Crippen molar-refractivity contribution in [3.8, 4) is 0 Å². The Morgan fingerprint density at radius 3 is 2.70 bits per heavy atom. The molecule has 0 spiro atoms. The van der Waals surface area contributed by atoms with Crippen LogP contribution in [0.2, 0.25) is 0 Å². The summed E-state index contributed by atoms with van der Waals surface area (Å²) in [6.07, 6.45) is 2.38. The van der Waals surface area contributed by atoms with Crippen molar-refractivity contribution >= 4 is 17.5 Å². The van der Waals surface area contributed by atoms with Crippen LogP contribution in [0, 0.1) is 6.92 Å². The smallest absolute Gasteiger partial charge is 0.246 e. The van der Waals surface area contributed by atoms with Crippen molar-refractivity contribution in [2.75, 3.05) is 13.1 Å². The van der Waals surface area contributed by atoms with E-state index in [4.69, 9.17) is 0 Å². The molecule has 0 fully saturated rings. The largest absolute Gasteiger partial charge is 0.343 e. The Kier molecular flexibility index (Phi) is 4.23. The Hall–Kier alpha value is -2.10. The number of hydrogen-bond donors (Lipinski definition) is 1. The third-order valence-electron chi connectivity index (χ3n) is 3.55. The van der Waals surface area contributed by atoms with E-state index in [0.29, 0.717) is 6.54 Å². The van der Waals surface area contributed by atoms with Gasteiger partial charge in [-0.1, -0.05) is 32.0 Å². The van der Waals surface area contributed by atoms with E-state index in [1.165, 1.54) is 17.2 Å². The number of carbonyl (C=O) groups excluding carboxylic acids is 2. The van der Waals surface area contributed by atoms with Gasteiger partial charge in [0.05, 0.1) is 12.2 Å². The molecule has 106 valence electrons. The van der Waals surface area contributed by atoms with Gasteiger partial charge in [0.2, 0.25) is 11.8 Å². The molecule has 1 aromatic carbocycles. The molecule has 2 aliphatic heterocycles. The van der Waals surface area contributed by atoms with Crippen LogP contribution >= 0.6 is 0 Å². The number of nitrogens with zero attached hydrogens (tertiary/aromatic N) is 1. The molecular formula is C16H20N2O2. The van der Waals surface area contributed by atoms with Gasteiger partial charge in [0.25, 0.3) is 0 Å². The number of nitrogens with one attached hydrogen (secondary N) is 1. The van der Waals surface area contributed by atoms with Crippen LogP contribution in [-0.4, -0.2) is 29.8 Å². The third-order valence-corrected chi connectivity index (χ3v) is 3.55. The highest BCUT2D eigenvalue weighted by Gasteiger charge is 2.29. The van der Waals surface area contributed by atoms with Gasteiger partial charge in [-0.25, -0.2) is 0 Å². The molecule has 2 amide bonds. The van der Waals surface area contributed by atoms with Crippen LogP contribution in [0.15, 0.2) is 24.3 Å². The predicted molar refractivity (Wildman–Crippen MR) is 78.9 cm³/mol. The van der Waals surface area contributed by atoms with Crippen molar-refractivity contribution < 1.29 is 9.59 Å². The molecular weight excluding hydrogens is 252 g/mol. The maximum absolute atomic E-state index is 12.0. The second-order valence-electron chi connectivity index (χ2n) is 4.64. The molecule has 0 aromatic heterocycles. The third kappa shape index (κ3) is 2.46. The molecule has 4 heteroatoms. The first-order valence-corrected chi connectivity index (χ1v) is 7.05. The Balaban J connectivity index is 0.000000704. The van der Waals surface area contributed by atoms with Gasteiger partial charge < -0.3 is 10.2 Å². The molecule has 0 saturated carbocycles. The van der Waals surface area contributed by atoms with Gasteiger partial charge in [-0.2, -0.15) is 0 Å². The minimum Gasteiger partial charge on any atom is -0.343 e. The molecule has 1 aromatic rings. The number of amides is 2.